The van der Waals surface area contributed by atoms with Crippen molar-refractivity contribution >= 4 is 23.9 Å². The molecule has 0 saturated heterocycles. The Morgan fingerprint density at radius 3 is 1.00 bits per heavy atom. The fraction of sp³-hybridized carbons (Fsp3) is 1.00. The summed E-state index contributed by atoms with van der Waals surface area (Å²) in [6.07, 6.45) is 0. The first-order chi connectivity index (χ1) is 0. The summed E-state index contributed by atoms with van der Waals surface area (Å²) in [6.45, 7) is 0. The molecule has 0 atom stereocenters. The second-order valence-electron chi connectivity index (χ2n) is 0. The number of hydrogen-bond donors (Lipinski definition) is 0. The maximum absolute atomic E-state index is 0. The normalized spacial score (nSPS) is 0. The van der Waals surface area contributed by atoms with E-state index in [2.05, 4.69) is 0 Å². The van der Waals surface area contributed by atoms with E-state index in [4.69, 9.17) is 0 Å². The summed E-state index contributed by atoms with van der Waals surface area (Å²) in [6, 6.07) is 0. The fourth-order valence-corrected chi connectivity index (χ4v) is 0. The van der Waals surface area contributed by atoms with Crippen LogP contribution in [-0.2, 0) is 40.5 Å². The average molecular weight is 431 g/mol. The molecular formula is CH4PtRuSn. The van der Waals surface area contributed by atoms with Gasteiger partial charge in [0.1, 0.15) is 0 Å². The Morgan fingerprint density at radius 1 is 1.00 bits per heavy atom. The molecule has 0 spiro atoms. The molecule has 0 bridgehead atoms. The quantitative estimate of drug-likeness (QED) is 0.483. The molecule has 0 amide bonds. The Labute approximate surface area is 71.1 Å². The van der Waals surface area contributed by atoms with E-state index in [0.29, 0.717) is 0 Å². The van der Waals surface area contributed by atoms with E-state index in [-0.39, 0.29) is 71.9 Å². The largest absolute Gasteiger partial charge is 0.0776 e. The summed E-state index contributed by atoms with van der Waals surface area (Å²) in [5.41, 5.74) is 0. The van der Waals surface area contributed by atoms with E-state index in [9.17, 15) is 0 Å². The third-order valence-electron chi connectivity index (χ3n) is 0. The van der Waals surface area contributed by atoms with Gasteiger partial charge < -0.3 is 0 Å². The zero-order valence-electron chi connectivity index (χ0n) is 1.17. The minimum atomic E-state index is 0. The minimum absolute atomic E-state index is 0. The van der Waals surface area contributed by atoms with Crippen LogP contribution in [0, 0.1) is 0 Å². The molecule has 4 radical (unpaired) electrons. The van der Waals surface area contributed by atoms with Crippen LogP contribution in [0.25, 0.3) is 0 Å². The smallest absolute Gasteiger partial charge is 0 e. The van der Waals surface area contributed by atoms with Gasteiger partial charge >= 0.3 is 0 Å². The molecule has 0 aromatic heterocycles. The Hall–Kier alpha value is 2.11. The second-order valence-corrected chi connectivity index (χ2v) is 0. The Kier molecular flexibility index (Phi) is 174. The van der Waals surface area contributed by atoms with Gasteiger partial charge in [0.2, 0.25) is 0 Å². The van der Waals surface area contributed by atoms with Crippen molar-refractivity contribution in [2.75, 3.05) is 0 Å². The zero-order valence-corrected chi connectivity index (χ0v) is 8.03. The van der Waals surface area contributed by atoms with Crippen molar-refractivity contribution in [2.45, 2.75) is 7.43 Å². The molecule has 30 valence electrons. The van der Waals surface area contributed by atoms with Crippen molar-refractivity contribution in [2.24, 2.45) is 0 Å². The van der Waals surface area contributed by atoms with Gasteiger partial charge in [-0.2, -0.15) is 0 Å². The third kappa shape index (κ3) is 8.93. The summed E-state index contributed by atoms with van der Waals surface area (Å²) in [5, 5.41) is 0. The van der Waals surface area contributed by atoms with Crippen LogP contribution in [0.2, 0.25) is 0 Å². The Bertz CT molecular complexity index is 8.00. The van der Waals surface area contributed by atoms with Crippen molar-refractivity contribution in [1.82, 2.24) is 0 Å². The summed E-state index contributed by atoms with van der Waals surface area (Å²) >= 11 is 0. The molecule has 0 rings (SSSR count). The fourth-order valence-electron chi connectivity index (χ4n) is 0. The van der Waals surface area contributed by atoms with Crippen molar-refractivity contribution < 1.29 is 40.5 Å². The monoisotopic (exact) mass is 433 g/mol. The average Bonchev–Trinajstić information content (AvgIpc) is 0. The van der Waals surface area contributed by atoms with Crippen LogP contribution in [0.15, 0.2) is 0 Å². The van der Waals surface area contributed by atoms with Crippen LogP contribution in [0.1, 0.15) is 7.43 Å². The standard InChI is InChI=1S/CH4.Pt.Ru.Sn/h1H4;;;. The van der Waals surface area contributed by atoms with Crippen LogP contribution in [-0.4, -0.2) is 23.9 Å². The van der Waals surface area contributed by atoms with Crippen molar-refractivity contribution in [1.29, 1.82) is 0 Å². The molecule has 0 fully saturated rings. The van der Waals surface area contributed by atoms with Crippen molar-refractivity contribution in [3.05, 3.63) is 0 Å². The van der Waals surface area contributed by atoms with Crippen LogP contribution in [0.4, 0.5) is 0 Å². The number of rotatable bonds is 0. The first kappa shape index (κ1) is 35.8. The molecule has 0 nitrogen and oxygen atoms in total. The van der Waals surface area contributed by atoms with Gasteiger partial charge in [0.15, 0.2) is 0 Å². The summed E-state index contributed by atoms with van der Waals surface area (Å²) in [7, 11) is 0. The number of hydrogen-bond acceptors (Lipinski definition) is 0. The third-order valence-corrected chi connectivity index (χ3v) is 0. The van der Waals surface area contributed by atoms with Crippen LogP contribution in [0.5, 0.6) is 0 Å². The van der Waals surface area contributed by atoms with Crippen molar-refractivity contribution in [3.63, 3.8) is 0 Å². The van der Waals surface area contributed by atoms with Crippen LogP contribution < -0.4 is 0 Å². The molecule has 4 heavy (non-hydrogen) atoms. The van der Waals surface area contributed by atoms with Gasteiger partial charge in [0, 0.05) is 64.5 Å². The maximum atomic E-state index is 0. The van der Waals surface area contributed by atoms with Gasteiger partial charge in [-0.25, -0.2) is 0 Å². The second kappa shape index (κ2) is 19.4. The Morgan fingerprint density at radius 2 is 1.00 bits per heavy atom. The predicted molar refractivity (Wildman–Crippen MR) is 12.5 cm³/mol. The van der Waals surface area contributed by atoms with Crippen molar-refractivity contribution in [3.8, 4) is 0 Å². The van der Waals surface area contributed by atoms with E-state index in [0.717, 1.165) is 0 Å². The molecule has 0 N–H and O–H groups in total. The van der Waals surface area contributed by atoms with Gasteiger partial charge in [-0.1, -0.05) is 7.43 Å². The minimum Gasteiger partial charge on any atom is -0.0776 e. The molecule has 0 aromatic rings. The summed E-state index contributed by atoms with van der Waals surface area (Å²) in [4.78, 5) is 0. The van der Waals surface area contributed by atoms with Gasteiger partial charge in [-0.3, -0.25) is 0 Å². The molecule has 0 saturated carbocycles. The molecule has 0 heterocycles. The molecular weight excluding hydrogens is 427 g/mol. The van der Waals surface area contributed by atoms with E-state index in [1.807, 2.05) is 0 Å². The SMILES string of the molecule is C.[Pt].[Ru].[Sn]. The van der Waals surface area contributed by atoms with Gasteiger partial charge in [0.25, 0.3) is 0 Å². The van der Waals surface area contributed by atoms with E-state index in [1.54, 1.807) is 0 Å². The molecule has 0 aromatic carbocycles. The van der Waals surface area contributed by atoms with E-state index < -0.39 is 0 Å². The molecule has 0 aliphatic heterocycles. The summed E-state index contributed by atoms with van der Waals surface area (Å²) < 4.78 is 0. The van der Waals surface area contributed by atoms with E-state index in [1.165, 1.54) is 0 Å². The van der Waals surface area contributed by atoms with Gasteiger partial charge in [-0.05, 0) is 0 Å². The first-order valence-corrected chi connectivity index (χ1v) is 0. The zero-order chi connectivity index (χ0) is 0. The maximum Gasteiger partial charge on any atom is 0 e. The van der Waals surface area contributed by atoms with Gasteiger partial charge in [-0.15, -0.1) is 0 Å². The Balaban J connectivity index is 0. The van der Waals surface area contributed by atoms with Crippen LogP contribution in [0.3, 0.4) is 0 Å². The topological polar surface area (TPSA) is 0 Å². The molecule has 0 aliphatic rings. The molecule has 3 heteroatoms. The van der Waals surface area contributed by atoms with E-state index >= 15 is 0 Å². The molecule has 0 unspecified atom stereocenters. The predicted octanol–water partition coefficient (Wildman–Crippen LogP) is 0.250. The first-order valence-electron chi connectivity index (χ1n) is 0. The molecule has 0 aliphatic carbocycles. The van der Waals surface area contributed by atoms with Crippen LogP contribution >= 0.6 is 0 Å². The summed E-state index contributed by atoms with van der Waals surface area (Å²) in [5.74, 6) is 0. The van der Waals surface area contributed by atoms with Gasteiger partial charge in [0.05, 0.1) is 0 Å².